The Bertz CT molecular complexity index is 1060. The summed E-state index contributed by atoms with van der Waals surface area (Å²) in [5.41, 5.74) is 2.62. The monoisotopic (exact) mass is 429 g/mol. The predicted octanol–water partition coefficient (Wildman–Crippen LogP) is 4.96. The predicted molar refractivity (Wildman–Crippen MR) is 121 cm³/mol. The van der Waals surface area contributed by atoms with Gasteiger partial charge in [0.25, 0.3) is 5.56 Å². The van der Waals surface area contributed by atoms with Crippen molar-refractivity contribution >= 4 is 35.0 Å². The van der Waals surface area contributed by atoms with E-state index in [1.165, 1.54) is 0 Å². The van der Waals surface area contributed by atoms with E-state index in [0.29, 0.717) is 23.6 Å². The highest BCUT2D eigenvalue weighted by Gasteiger charge is 2.18. The van der Waals surface area contributed by atoms with Crippen LogP contribution >= 0.6 is 23.4 Å². The number of aromatic nitrogens is 2. The molecule has 3 aromatic rings. The molecule has 0 spiro atoms. The molecule has 7 heteroatoms. The van der Waals surface area contributed by atoms with Gasteiger partial charge in [0.1, 0.15) is 5.69 Å². The van der Waals surface area contributed by atoms with Crippen molar-refractivity contribution in [3.05, 3.63) is 81.2 Å². The maximum Gasteiger partial charge on any atom is 0.295 e. The Hall–Kier alpha value is -2.44. The molecule has 0 aliphatic carbocycles. The minimum atomic E-state index is -0.235. The molecular weight excluding hydrogens is 406 g/mol. The molecule has 0 fully saturated rings. The molecule has 0 saturated carbocycles. The SMILES string of the molecule is Cc1c(NC(=O)CCSC(C)c2ccccc2Cl)c(=O)n(-c2ccccc2)n1C. The number of rotatable bonds is 7. The topological polar surface area (TPSA) is 56.0 Å². The van der Waals surface area contributed by atoms with Crippen LogP contribution in [-0.4, -0.2) is 21.0 Å². The molecular formula is C22H24ClN3O2S. The van der Waals surface area contributed by atoms with Crippen LogP contribution in [0.15, 0.2) is 59.4 Å². The van der Waals surface area contributed by atoms with Crippen molar-refractivity contribution in [2.75, 3.05) is 11.1 Å². The first-order chi connectivity index (χ1) is 13.9. The number of para-hydroxylation sites is 1. The minimum absolute atomic E-state index is 0.171. The van der Waals surface area contributed by atoms with Crippen molar-refractivity contribution in [1.29, 1.82) is 0 Å². The number of hydrogen-bond acceptors (Lipinski definition) is 3. The van der Waals surface area contributed by atoms with Crippen molar-refractivity contribution in [2.45, 2.75) is 25.5 Å². The molecule has 1 heterocycles. The third-order valence-electron chi connectivity index (χ3n) is 4.86. The van der Waals surface area contributed by atoms with Gasteiger partial charge in [-0.3, -0.25) is 14.3 Å². The molecule has 1 atom stereocenters. The maximum atomic E-state index is 12.9. The zero-order chi connectivity index (χ0) is 21.0. The van der Waals surface area contributed by atoms with Crippen LogP contribution in [0.3, 0.4) is 0 Å². The summed E-state index contributed by atoms with van der Waals surface area (Å²) in [6.45, 7) is 3.90. The Balaban J connectivity index is 1.64. The molecule has 0 bridgehead atoms. The highest BCUT2D eigenvalue weighted by molar-refractivity contribution is 7.99. The molecule has 1 aromatic heterocycles. The second kappa shape index (κ2) is 9.37. The molecule has 1 amide bonds. The van der Waals surface area contributed by atoms with E-state index in [1.54, 1.807) is 28.2 Å². The van der Waals surface area contributed by atoms with Gasteiger partial charge in [0, 0.05) is 29.5 Å². The number of thioether (sulfide) groups is 1. The van der Waals surface area contributed by atoms with Gasteiger partial charge in [-0.25, -0.2) is 4.68 Å². The van der Waals surface area contributed by atoms with Crippen molar-refractivity contribution in [3.63, 3.8) is 0 Å². The molecule has 0 aliphatic heterocycles. The van der Waals surface area contributed by atoms with Crippen LogP contribution in [0.1, 0.15) is 29.9 Å². The summed E-state index contributed by atoms with van der Waals surface area (Å²) in [6, 6.07) is 17.1. The van der Waals surface area contributed by atoms with Crippen LogP contribution in [0.4, 0.5) is 5.69 Å². The van der Waals surface area contributed by atoms with E-state index in [9.17, 15) is 9.59 Å². The van der Waals surface area contributed by atoms with Gasteiger partial charge in [0.15, 0.2) is 0 Å². The Morgan fingerprint density at radius 1 is 1.14 bits per heavy atom. The van der Waals surface area contributed by atoms with Crippen molar-refractivity contribution in [3.8, 4) is 5.69 Å². The first-order valence-corrected chi connectivity index (χ1v) is 10.8. The van der Waals surface area contributed by atoms with Crippen LogP contribution in [0, 0.1) is 6.92 Å². The summed E-state index contributed by atoms with van der Waals surface area (Å²) in [6.07, 6.45) is 0.318. The van der Waals surface area contributed by atoms with Crippen molar-refractivity contribution in [1.82, 2.24) is 9.36 Å². The van der Waals surface area contributed by atoms with Gasteiger partial charge in [0.05, 0.1) is 11.4 Å². The lowest BCUT2D eigenvalue weighted by atomic mass is 10.2. The van der Waals surface area contributed by atoms with E-state index in [4.69, 9.17) is 11.6 Å². The number of carbonyl (C=O) groups excluding carboxylic acids is 1. The maximum absolute atomic E-state index is 12.9. The average molecular weight is 430 g/mol. The van der Waals surface area contributed by atoms with Crippen LogP contribution in [0.25, 0.3) is 5.69 Å². The Morgan fingerprint density at radius 3 is 2.48 bits per heavy atom. The van der Waals surface area contributed by atoms with Gasteiger partial charge >= 0.3 is 0 Å². The van der Waals surface area contributed by atoms with Crippen LogP contribution < -0.4 is 10.9 Å². The van der Waals surface area contributed by atoms with Gasteiger partial charge in [-0.1, -0.05) is 48.0 Å². The number of halogens is 1. The highest BCUT2D eigenvalue weighted by atomic mass is 35.5. The number of nitrogens with zero attached hydrogens (tertiary/aromatic N) is 2. The van der Waals surface area contributed by atoms with E-state index in [1.807, 2.05) is 61.5 Å². The van der Waals surface area contributed by atoms with Gasteiger partial charge in [-0.05, 0) is 37.6 Å². The van der Waals surface area contributed by atoms with E-state index >= 15 is 0 Å². The van der Waals surface area contributed by atoms with Gasteiger partial charge in [-0.2, -0.15) is 11.8 Å². The van der Waals surface area contributed by atoms with Crippen LogP contribution in [0.2, 0.25) is 5.02 Å². The number of hydrogen-bond donors (Lipinski definition) is 1. The quantitative estimate of drug-likeness (QED) is 0.577. The lowest BCUT2D eigenvalue weighted by Gasteiger charge is -2.13. The summed E-state index contributed by atoms with van der Waals surface area (Å²) in [4.78, 5) is 25.3. The molecule has 5 nitrogen and oxygen atoms in total. The number of anilines is 1. The van der Waals surface area contributed by atoms with Crippen LogP contribution in [0.5, 0.6) is 0 Å². The molecule has 152 valence electrons. The second-order valence-electron chi connectivity index (χ2n) is 6.77. The number of benzene rings is 2. The number of carbonyl (C=O) groups is 1. The number of nitrogens with one attached hydrogen (secondary N) is 1. The first kappa shape index (κ1) is 21.3. The average Bonchev–Trinajstić information content (AvgIpc) is 2.92. The van der Waals surface area contributed by atoms with Crippen molar-refractivity contribution < 1.29 is 4.79 Å². The summed E-state index contributed by atoms with van der Waals surface area (Å²) in [7, 11) is 1.81. The van der Waals surface area contributed by atoms with E-state index in [-0.39, 0.29) is 16.7 Å². The Labute approximate surface area is 179 Å². The summed E-state index contributed by atoms with van der Waals surface area (Å²) >= 11 is 7.90. The molecule has 0 aliphatic rings. The highest BCUT2D eigenvalue weighted by Crippen LogP contribution is 2.33. The minimum Gasteiger partial charge on any atom is -0.320 e. The van der Waals surface area contributed by atoms with Crippen LogP contribution in [-0.2, 0) is 11.8 Å². The third kappa shape index (κ3) is 4.77. The zero-order valence-electron chi connectivity index (χ0n) is 16.7. The molecule has 0 radical (unpaired) electrons. The fourth-order valence-electron chi connectivity index (χ4n) is 3.14. The summed E-state index contributed by atoms with van der Waals surface area (Å²) in [5, 5.41) is 3.72. The summed E-state index contributed by atoms with van der Waals surface area (Å²) in [5.74, 6) is 0.464. The first-order valence-electron chi connectivity index (χ1n) is 9.40. The van der Waals surface area contributed by atoms with Gasteiger partial charge in [-0.15, -0.1) is 0 Å². The third-order valence-corrected chi connectivity index (χ3v) is 6.40. The molecule has 1 unspecified atom stereocenters. The molecule has 2 aromatic carbocycles. The Morgan fingerprint density at radius 2 is 1.79 bits per heavy atom. The molecule has 29 heavy (non-hydrogen) atoms. The number of amides is 1. The standard InChI is InChI=1S/C22H24ClN3O2S/c1-15-21(22(28)26(25(15)3)17-9-5-4-6-10-17)24-20(27)13-14-29-16(2)18-11-7-8-12-19(18)23/h4-12,16H,13-14H2,1-3H3,(H,24,27). The lowest BCUT2D eigenvalue weighted by Crippen LogP contribution is -2.23. The van der Waals surface area contributed by atoms with Gasteiger partial charge in [0.2, 0.25) is 5.91 Å². The fraction of sp³-hybridized carbons (Fsp3) is 0.273. The second-order valence-corrected chi connectivity index (χ2v) is 8.63. The normalized spacial score (nSPS) is 12.0. The molecule has 0 saturated heterocycles. The van der Waals surface area contributed by atoms with E-state index < -0.39 is 0 Å². The zero-order valence-corrected chi connectivity index (χ0v) is 18.3. The largest absolute Gasteiger partial charge is 0.320 e. The fourth-order valence-corrected chi connectivity index (χ4v) is 4.54. The van der Waals surface area contributed by atoms with Crippen molar-refractivity contribution in [2.24, 2.45) is 7.05 Å². The molecule has 1 N–H and O–H groups in total. The summed E-state index contributed by atoms with van der Waals surface area (Å²) < 4.78 is 3.31. The van der Waals surface area contributed by atoms with Gasteiger partial charge < -0.3 is 5.32 Å². The smallest absolute Gasteiger partial charge is 0.295 e. The lowest BCUT2D eigenvalue weighted by molar-refractivity contribution is -0.115. The molecule has 3 rings (SSSR count). The van der Waals surface area contributed by atoms with E-state index in [2.05, 4.69) is 12.2 Å². The Kier molecular flexibility index (Phi) is 6.87. The van der Waals surface area contributed by atoms with E-state index in [0.717, 1.165) is 16.3 Å².